The van der Waals surface area contributed by atoms with Crippen LogP contribution in [0.15, 0.2) is 24.3 Å². The van der Waals surface area contributed by atoms with Crippen molar-refractivity contribution in [3.8, 4) is 5.75 Å². The molecule has 0 N–H and O–H groups in total. The molecule has 1 aliphatic rings. The van der Waals surface area contributed by atoms with Crippen LogP contribution >= 0.6 is 27.7 Å². The van der Waals surface area contributed by atoms with Gasteiger partial charge in [-0.15, -0.1) is 0 Å². The first kappa shape index (κ1) is 20.4. The molecule has 0 bridgehead atoms. The number of amides is 2. The van der Waals surface area contributed by atoms with Gasteiger partial charge in [-0.25, -0.2) is 4.79 Å². The van der Waals surface area contributed by atoms with Crippen LogP contribution in [0.1, 0.15) is 5.56 Å². The number of halogens is 1. The lowest BCUT2D eigenvalue weighted by atomic mass is 10.2. The fraction of sp³-hybridized carbons (Fsp3) is 0.375. The quantitative estimate of drug-likeness (QED) is 0.277. The zero-order chi connectivity index (χ0) is 19.3. The summed E-state index contributed by atoms with van der Waals surface area (Å²) in [6, 6.07) is 6.74. The topological polar surface area (TPSA) is 99.2 Å². The van der Waals surface area contributed by atoms with Crippen molar-refractivity contribution < 1.29 is 33.4 Å². The lowest BCUT2D eigenvalue weighted by Gasteiger charge is -2.40. The van der Waals surface area contributed by atoms with Crippen molar-refractivity contribution in [3.63, 3.8) is 0 Å². The molecule has 0 spiro atoms. The van der Waals surface area contributed by atoms with Crippen molar-refractivity contribution in [1.29, 1.82) is 0 Å². The Balaban J connectivity index is 1.93. The molecule has 2 rings (SSSR count). The van der Waals surface area contributed by atoms with Crippen molar-refractivity contribution in [2.24, 2.45) is 0 Å². The minimum atomic E-state index is -1.17. The van der Waals surface area contributed by atoms with E-state index in [4.69, 9.17) is 14.2 Å². The molecule has 0 aliphatic carbocycles. The van der Waals surface area contributed by atoms with Crippen LogP contribution in [0.4, 0.5) is 0 Å². The van der Waals surface area contributed by atoms with E-state index in [9.17, 15) is 19.2 Å². The van der Waals surface area contributed by atoms with Crippen molar-refractivity contribution in [2.45, 2.75) is 16.8 Å². The molecule has 8 nitrogen and oxygen atoms in total. The predicted octanol–water partition coefficient (Wildman–Crippen LogP) is 1.10. The highest BCUT2D eigenvalue weighted by Gasteiger charge is 2.52. The van der Waals surface area contributed by atoms with E-state index in [2.05, 4.69) is 15.9 Å². The van der Waals surface area contributed by atoms with Crippen LogP contribution in [0.3, 0.4) is 0 Å². The summed E-state index contributed by atoms with van der Waals surface area (Å²) in [6.45, 7) is -0.298. The zero-order valence-corrected chi connectivity index (χ0v) is 16.4. The molecule has 2 amide bonds. The molecule has 1 heterocycles. The second kappa shape index (κ2) is 9.15. The van der Waals surface area contributed by atoms with Crippen molar-refractivity contribution in [2.75, 3.05) is 20.8 Å². The molecule has 1 fully saturated rings. The number of alkyl halides is 1. The van der Waals surface area contributed by atoms with E-state index in [1.165, 1.54) is 14.2 Å². The second-order valence-electron chi connectivity index (χ2n) is 5.15. The highest BCUT2D eigenvalue weighted by atomic mass is 79.9. The smallest absolute Gasteiger partial charge is 0.397 e. The molecule has 26 heavy (non-hydrogen) atoms. The van der Waals surface area contributed by atoms with E-state index < -0.39 is 28.0 Å². The fourth-order valence-electron chi connectivity index (χ4n) is 2.07. The summed E-state index contributed by atoms with van der Waals surface area (Å²) in [7, 11) is 2.89. The highest BCUT2D eigenvalue weighted by molar-refractivity contribution is 9.10. The van der Waals surface area contributed by atoms with Gasteiger partial charge in [0.2, 0.25) is 11.0 Å². The molecular formula is C16H16BrNO7S. The van der Waals surface area contributed by atoms with E-state index in [0.29, 0.717) is 16.2 Å². The number of hydrogen-bond donors (Lipinski definition) is 0. The van der Waals surface area contributed by atoms with Gasteiger partial charge in [0.1, 0.15) is 29.2 Å². The van der Waals surface area contributed by atoms with Crippen molar-refractivity contribution in [1.82, 2.24) is 4.90 Å². The number of ether oxygens (including phenoxy) is 3. The third kappa shape index (κ3) is 4.63. The van der Waals surface area contributed by atoms with Gasteiger partial charge in [-0.3, -0.25) is 19.3 Å². The maximum atomic E-state index is 12.2. The molecule has 1 aromatic rings. The third-order valence-corrected chi connectivity index (χ3v) is 5.76. The summed E-state index contributed by atoms with van der Waals surface area (Å²) in [5.41, 5.74) is 0.654. The van der Waals surface area contributed by atoms with Crippen LogP contribution in [0.25, 0.3) is 0 Å². The normalized spacial score (nSPS) is 18.9. The van der Waals surface area contributed by atoms with Gasteiger partial charge in [-0.05, 0) is 17.7 Å². The summed E-state index contributed by atoms with van der Waals surface area (Å²) in [5.74, 6) is -2.23. The number of esters is 1. The molecule has 1 saturated heterocycles. The number of methoxy groups -OCH3 is 2. The van der Waals surface area contributed by atoms with Crippen LogP contribution in [-0.4, -0.2) is 58.8 Å². The maximum absolute atomic E-state index is 12.2. The van der Waals surface area contributed by atoms with Gasteiger partial charge in [-0.1, -0.05) is 39.8 Å². The summed E-state index contributed by atoms with van der Waals surface area (Å²) >= 11 is 3.84. The van der Waals surface area contributed by atoms with Gasteiger partial charge in [0.05, 0.1) is 7.11 Å². The van der Waals surface area contributed by atoms with Crippen LogP contribution in [-0.2, 0) is 35.3 Å². The Hall–Kier alpha value is -1.91. The number of imide groups is 1. The molecular weight excluding hydrogens is 430 g/mol. The average Bonchev–Trinajstić information content (AvgIpc) is 2.65. The Morgan fingerprint density at radius 3 is 2.42 bits per heavy atom. The van der Waals surface area contributed by atoms with Gasteiger partial charge in [0.15, 0.2) is 0 Å². The van der Waals surface area contributed by atoms with Gasteiger partial charge >= 0.3 is 11.9 Å². The Labute approximate surface area is 162 Å². The van der Waals surface area contributed by atoms with Crippen LogP contribution < -0.4 is 4.74 Å². The number of rotatable bonds is 6. The Bertz CT molecular complexity index is 709. The van der Waals surface area contributed by atoms with Crippen LogP contribution in [0.2, 0.25) is 0 Å². The third-order valence-electron chi connectivity index (χ3n) is 3.41. The van der Waals surface area contributed by atoms with E-state index in [0.717, 1.165) is 11.8 Å². The second-order valence-corrected chi connectivity index (χ2v) is 7.31. The summed E-state index contributed by atoms with van der Waals surface area (Å²) in [5, 5.41) is -1.18. The standard InChI is InChI=1S/C16H16BrNO7S/c1-23-8-11(19)26-15-12(17)13(20)18(15)14(21)16(22)25-7-9-3-5-10(24-2)6-4-9/h3-6,12,15H,7-8H2,1-2H3/t12-,15+/m0/s1. The summed E-state index contributed by atoms with van der Waals surface area (Å²) in [6.07, 6.45) is 0. The molecule has 0 aromatic heterocycles. The molecule has 0 radical (unpaired) electrons. The largest absolute Gasteiger partial charge is 0.497 e. The lowest BCUT2D eigenvalue weighted by molar-refractivity contribution is -0.168. The van der Waals surface area contributed by atoms with Crippen molar-refractivity contribution >= 4 is 50.6 Å². The average molecular weight is 446 g/mol. The van der Waals surface area contributed by atoms with Gasteiger partial charge in [-0.2, -0.15) is 0 Å². The van der Waals surface area contributed by atoms with Crippen LogP contribution in [0.5, 0.6) is 5.75 Å². The first-order valence-electron chi connectivity index (χ1n) is 7.38. The molecule has 0 saturated carbocycles. The molecule has 140 valence electrons. The minimum absolute atomic E-state index is 0.130. The first-order valence-corrected chi connectivity index (χ1v) is 9.18. The van der Waals surface area contributed by atoms with Gasteiger partial charge in [0, 0.05) is 7.11 Å². The van der Waals surface area contributed by atoms with Gasteiger partial charge in [0.25, 0.3) is 0 Å². The number of likely N-dealkylation sites (tertiary alicyclic amines) is 1. The molecule has 10 heteroatoms. The number of benzene rings is 1. The Morgan fingerprint density at radius 1 is 1.19 bits per heavy atom. The number of carbonyl (C=O) groups is 4. The molecule has 2 atom stereocenters. The maximum Gasteiger partial charge on any atom is 0.397 e. The Morgan fingerprint density at radius 2 is 1.85 bits per heavy atom. The van der Waals surface area contributed by atoms with E-state index in [1.54, 1.807) is 24.3 Å². The van der Waals surface area contributed by atoms with E-state index in [1.807, 2.05) is 0 Å². The van der Waals surface area contributed by atoms with E-state index >= 15 is 0 Å². The molecule has 1 aliphatic heterocycles. The summed E-state index contributed by atoms with van der Waals surface area (Å²) < 4.78 is 14.7. The predicted molar refractivity (Wildman–Crippen MR) is 95.6 cm³/mol. The highest BCUT2D eigenvalue weighted by Crippen LogP contribution is 2.35. The Kier molecular flexibility index (Phi) is 7.18. The number of nitrogens with zero attached hydrogens (tertiary/aromatic N) is 1. The first-order chi connectivity index (χ1) is 12.4. The van der Waals surface area contributed by atoms with Crippen LogP contribution in [0, 0.1) is 0 Å². The monoisotopic (exact) mass is 445 g/mol. The van der Waals surface area contributed by atoms with E-state index in [-0.39, 0.29) is 18.3 Å². The molecule has 1 aromatic carbocycles. The SMILES string of the molecule is COCC(=O)S[C@@H]1[C@@H](Br)C(=O)N1C(=O)C(=O)OCc1ccc(OC)cc1. The zero-order valence-electron chi connectivity index (χ0n) is 14.0. The van der Waals surface area contributed by atoms with Crippen molar-refractivity contribution in [3.05, 3.63) is 29.8 Å². The number of β-lactam (4-membered cyclic amide) rings is 1. The number of thioether (sulfide) groups is 1. The van der Waals surface area contributed by atoms with Gasteiger partial charge < -0.3 is 14.2 Å². The number of carbonyl (C=O) groups excluding carboxylic acids is 4. The molecule has 0 unspecified atom stereocenters. The summed E-state index contributed by atoms with van der Waals surface area (Å²) in [4.78, 5) is 47.7. The lowest BCUT2D eigenvalue weighted by Crippen LogP contribution is -2.64. The minimum Gasteiger partial charge on any atom is -0.497 e. The fourth-order valence-corrected chi connectivity index (χ4v) is 3.85. The number of hydrogen-bond acceptors (Lipinski definition) is 8.